The second-order valence-electron chi connectivity index (χ2n) is 4.91. The quantitative estimate of drug-likeness (QED) is 0.912. The number of aryl methyl sites for hydroxylation is 2. The highest BCUT2D eigenvalue weighted by Crippen LogP contribution is 2.29. The highest BCUT2D eigenvalue weighted by molar-refractivity contribution is 7.89. The lowest BCUT2D eigenvalue weighted by atomic mass is 10.3. The molecule has 0 aliphatic rings. The van der Waals surface area contributed by atoms with Gasteiger partial charge >= 0.3 is 0 Å². The Morgan fingerprint density at radius 2 is 2.05 bits per heavy atom. The van der Waals surface area contributed by atoms with Crippen LogP contribution in [0, 0.1) is 13.8 Å². The van der Waals surface area contributed by atoms with E-state index in [1.807, 2.05) is 30.5 Å². The fraction of sp³-hybridized carbons (Fsp3) is 0.357. The van der Waals surface area contributed by atoms with Crippen LogP contribution in [0.5, 0.6) is 0 Å². The summed E-state index contributed by atoms with van der Waals surface area (Å²) in [7, 11) is -1.99. The van der Waals surface area contributed by atoms with Crippen molar-refractivity contribution in [2.24, 2.45) is 5.73 Å². The minimum absolute atomic E-state index is 0.226. The molecule has 21 heavy (non-hydrogen) atoms. The van der Waals surface area contributed by atoms with Crippen LogP contribution in [0.4, 0.5) is 0 Å². The maximum atomic E-state index is 12.7. The Kier molecular flexibility index (Phi) is 4.77. The van der Waals surface area contributed by atoms with Crippen LogP contribution >= 0.6 is 11.3 Å². The molecule has 0 fully saturated rings. The zero-order chi connectivity index (χ0) is 15.6. The number of hydrogen-bond acceptors (Lipinski definition) is 5. The van der Waals surface area contributed by atoms with Gasteiger partial charge in [0.25, 0.3) is 0 Å². The van der Waals surface area contributed by atoms with Crippen molar-refractivity contribution in [2.45, 2.75) is 31.8 Å². The summed E-state index contributed by atoms with van der Waals surface area (Å²) in [6.45, 7) is 4.14. The van der Waals surface area contributed by atoms with Gasteiger partial charge in [0.1, 0.15) is 4.90 Å². The predicted octanol–water partition coefficient (Wildman–Crippen LogP) is 2.04. The van der Waals surface area contributed by atoms with E-state index in [0.717, 1.165) is 17.0 Å². The number of thiophene rings is 1. The van der Waals surface area contributed by atoms with Gasteiger partial charge in [-0.05, 0) is 36.9 Å². The Hall–Kier alpha value is -1.28. The summed E-state index contributed by atoms with van der Waals surface area (Å²) >= 11 is 1.38. The molecule has 0 spiro atoms. The maximum absolute atomic E-state index is 12.7. The van der Waals surface area contributed by atoms with E-state index in [2.05, 4.69) is 4.98 Å². The molecule has 2 aromatic heterocycles. The van der Waals surface area contributed by atoms with Crippen LogP contribution in [0.15, 0.2) is 28.5 Å². The van der Waals surface area contributed by atoms with E-state index in [-0.39, 0.29) is 13.1 Å². The van der Waals surface area contributed by atoms with E-state index in [4.69, 9.17) is 5.73 Å². The van der Waals surface area contributed by atoms with Crippen molar-refractivity contribution in [3.8, 4) is 0 Å². The van der Waals surface area contributed by atoms with Crippen molar-refractivity contribution in [1.82, 2.24) is 9.29 Å². The molecule has 2 rings (SSSR count). The van der Waals surface area contributed by atoms with Gasteiger partial charge in [0.05, 0.1) is 12.2 Å². The Morgan fingerprint density at radius 3 is 2.67 bits per heavy atom. The minimum Gasteiger partial charge on any atom is -0.326 e. The maximum Gasteiger partial charge on any atom is 0.244 e. The highest BCUT2D eigenvalue weighted by atomic mass is 32.2. The van der Waals surface area contributed by atoms with E-state index in [9.17, 15) is 8.42 Å². The molecular weight excluding hydrogens is 306 g/mol. The lowest BCUT2D eigenvalue weighted by Crippen LogP contribution is -2.28. The van der Waals surface area contributed by atoms with Crippen molar-refractivity contribution < 1.29 is 8.42 Å². The molecule has 0 saturated carbocycles. The van der Waals surface area contributed by atoms with Gasteiger partial charge in [0.15, 0.2) is 0 Å². The van der Waals surface area contributed by atoms with Crippen LogP contribution in [-0.2, 0) is 23.1 Å². The van der Waals surface area contributed by atoms with Gasteiger partial charge in [0.2, 0.25) is 10.0 Å². The van der Waals surface area contributed by atoms with E-state index in [1.54, 1.807) is 14.0 Å². The molecule has 0 radical (unpaired) electrons. The second-order valence-corrected chi connectivity index (χ2v) is 7.85. The van der Waals surface area contributed by atoms with Gasteiger partial charge in [-0.15, -0.1) is 11.3 Å². The lowest BCUT2D eigenvalue weighted by Gasteiger charge is -2.18. The molecule has 0 saturated heterocycles. The molecule has 7 heteroatoms. The van der Waals surface area contributed by atoms with Crippen LogP contribution in [0.3, 0.4) is 0 Å². The van der Waals surface area contributed by atoms with Crippen molar-refractivity contribution in [3.63, 3.8) is 0 Å². The van der Waals surface area contributed by atoms with Crippen LogP contribution in [0.2, 0.25) is 0 Å². The highest BCUT2D eigenvalue weighted by Gasteiger charge is 2.27. The Labute approximate surface area is 129 Å². The summed E-state index contributed by atoms with van der Waals surface area (Å²) in [5.41, 5.74) is 7.98. The number of nitrogens with zero attached hydrogens (tertiary/aromatic N) is 2. The Bertz CT molecular complexity index is 738. The number of rotatable bonds is 5. The first kappa shape index (κ1) is 16.1. The normalized spacial score (nSPS) is 12.0. The molecule has 2 N–H and O–H groups in total. The van der Waals surface area contributed by atoms with Gasteiger partial charge < -0.3 is 5.73 Å². The molecule has 2 heterocycles. The zero-order valence-electron chi connectivity index (χ0n) is 12.3. The first-order chi connectivity index (χ1) is 9.86. The molecule has 114 valence electrons. The Balaban J connectivity index is 2.33. The van der Waals surface area contributed by atoms with Gasteiger partial charge in [-0.3, -0.25) is 4.98 Å². The monoisotopic (exact) mass is 325 g/mol. The molecule has 0 atom stereocenters. The second kappa shape index (κ2) is 6.23. The van der Waals surface area contributed by atoms with E-state index >= 15 is 0 Å². The summed E-state index contributed by atoms with van der Waals surface area (Å²) in [5.74, 6) is 0. The fourth-order valence-corrected chi connectivity index (χ4v) is 4.92. The lowest BCUT2D eigenvalue weighted by molar-refractivity contribution is 0.461. The zero-order valence-corrected chi connectivity index (χ0v) is 14.0. The minimum atomic E-state index is -3.56. The van der Waals surface area contributed by atoms with E-state index < -0.39 is 10.0 Å². The number of nitrogens with two attached hydrogens (primary N) is 1. The average molecular weight is 325 g/mol. The first-order valence-electron chi connectivity index (χ1n) is 6.52. The number of hydrogen-bond donors (Lipinski definition) is 1. The summed E-state index contributed by atoms with van der Waals surface area (Å²) in [6.07, 6.45) is 0. The van der Waals surface area contributed by atoms with Crippen molar-refractivity contribution in [2.75, 3.05) is 7.05 Å². The smallest absolute Gasteiger partial charge is 0.244 e. The number of pyridine rings is 1. The topological polar surface area (TPSA) is 76.3 Å². The third-order valence-corrected chi connectivity index (χ3v) is 6.46. The number of sulfonamides is 1. The summed E-state index contributed by atoms with van der Waals surface area (Å²) in [5, 5.41) is 1.83. The molecule has 0 unspecified atom stereocenters. The third kappa shape index (κ3) is 3.32. The van der Waals surface area contributed by atoms with Crippen LogP contribution in [-0.4, -0.2) is 24.8 Å². The van der Waals surface area contributed by atoms with Crippen LogP contribution in [0.25, 0.3) is 0 Å². The van der Waals surface area contributed by atoms with Crippen molar-refractivity contribution in [1.29, 1.82) is 0 Å². The first-order valence-corrected chi connectivity index (χ1v) is 8.84. The van der Waals surface area contributed by atoms with Gasteiger partial charge in [-0.2, -0.15) is 4.31 Å². The molecule has 0 bridgehead atoms. The molecular formula is C14H19N3O2S2. The SMILES string of the molecule is Cc1cccc(CN(C)S(=O)(=O)c2c(C)csc2CN)n1. The predicted molar refractivity (Wildman–Crippen MR) is 84.6 cm³/mol. The third-order valence-electron chi connectivity index (χ3n) is 3.17. The molecule has 0 aliphatic heterocycles. The van der Waals surface area contributed by atoms with Crippen molar-refractivity contribution >= 4 is 21.4 Å². The van der Waals surface area contributed by atoms with Gasteiger partial charge in [-0.1, -0.05) is 6.07 Å². The molecule has 0 aliphatic carbocycles. The van der Waals surface area contributed by atoms with E-state index in [0.29, 0.717) is 9.77 Å². The van der Waals surface area contributed by atoms with Crippen molar-refractivity contribution in [3.05, 3.63) is 45.4 Å². The average Bonchev–Trinajstić information content (AvgIpc) is 2.80. The number of aromatic nitrogens is 1. The summed E-state index contributed by atoms with van der Waals surface area (Å²) < 4.78 is 26.8. The molecule has 5 nitrogen and oxygen atoms in total. The van der Waals surface area contributed by atoms with Crippen LogP contribution < -0.4 is 5.73 Å². The molecule has 2 aromatic rings. The van der Waals surface area contributed by atoms with Gasteiger partial charge in [0, 0.05) is 24.2 Å². The Morgan fingerprint density at radius 1 is 1.33 bits per heavy atom. The van der Waals surface area contributed by atoms with Crippen LogP contribution in [0.1, 0.15) is 21.8 Å². The summed E-state index contributed by atoms with van der Waals surface area (Å²) in [6, 6.07) is 5.58. The summed E-state index contributed by atoms with van der Waals surface area (Å²) in [4.78, 5) is 5.37. The van der Waals surface area contributed by atoms with Gasteiger partial charge in [-0.25, -0.2) is 8.42 Å². The fourth-order valence-electron chi connectivity index (χ4n) is 2.13. The van der Waals surface area contributed by atoms with E-state index in [1.165, 1.54) is 15.6 Å². The molecule has 0 amide bonds. The largest absolute Gasteiger partial charge is 0.326 e. The molecule has 0 aromatic carbocycles. The standard InChI is InChI=1S/C14H19N3O2S2/c1-10-9-20-13(7-15)14(10)21(18,19)17(3)8-12-6-4-5-11(2)16-12/h4-6,9H,7-8,15H2,1-3H3.